The zero-order valence-corrected chi connectivity index (χ0v) is 15.3. The number of hydrogen-bond acceptors (Lipinski definition) is 5. The van der Waals surface area contributed by atoms with Gasteiger partial charge in [-0.3, -0.25) is 14.2 Å². The summed E-state index contributed by atoms with van der Waals surface area (Å²) in [7, 11) is 1.56. The van der Waals surface area contributed by atoms with Crippen LogP contribution in [0.4, 0.5) is 11.6 Å². The fraction of sp³-hybridized carbons (Fsp3) is 0.389. The predicted octanol–water partition coefficient (Wildman–Crippen LogP) is 2.28. The lowest BCUT2D eigenvalue weighted by Gasteiger charge is -2.21. The number of aromatic nitrogens is 2. The van der Waals surface area contributed by atoms with Crippen molar-refractivity contribution in [1.82, 2.24) is 9.55 Å². The van der Waals surface area contributed by atoms with Crippen LogP contribution in [0.5, 0.6) is 0 Å². The number of anilines is 2. The number of carbonyl (C=O) groups is 1. The third-order valence-electron chi connectivity index (χ3n) is 4.15. The number of benzene rings is 1. The van der Waals surface area contributed by atoms with Crippen molar-refractivity contribution in [2.75, 3.05) is 30.4 Å². The number of carbonyl (C=O) groups excluding carboxylic acids is 1. The molecule has 3 rings (SSSR count). The van der Waals surface area contributed by atoms with E-state index in [9.17, 15) is 9.59 Å². The van der Waals surface area contributed by atoms with Gasteiger partial charge in [0.1, 0.15) is 6.54 Å². The first-order valence-corrected chi connectivity index (χ1v) is 8.84. The lowest BCUT2D eigenvalue weighted by atomic mass is 10.3. The van der Waals surface area contributed by atoms with Gasteiger partial charge in [0.15, 0.2) is 0 Å². The average Bonchev–Trinajstić information content (AvgIpc) is 3.14. The van der Waals surface area contributed by atoms with E-state index in [-0.39, 0.29) is 24.6 Å². The molecule has 26 heavy (non-hydrogen) atoms. The summed E-state index contributed by atoms with van der Waals surface area (Å²) in [6, 6.07) is 8.23. The van der Waals surface area contributed by atoms with Crippen molar-refractivity contribution in [3.63, 3.8) is 0 Å². The number of halogens is 1. The predicted molar refractivity (Wildman–Crippen MR) is 101 cm³/mol. The maximum atomic E-state index is 12.6. The molecule has 2 aromatic rings. The van der Waals surface area contributed by atoms with Crippen molar-refractivity contribution in [3.05, 3.63) is 51.4 Å². The zero-order valence-electron chi connectivity index (χ0n) is 14.6. The van der Waals surface area contributed by atoms with Crippen LogP contribution in [-0.4, -0.2) is 35.7 Å². The Bertz CT molecular complexity index is 829. The van der Waals surface area contributed by atoms with Gasteiger partial charge in [-0.25, -0.2) is 4.98 Å². The molecule has 1 N–H and O–H groups in total. The topological polar surface area (TPSA) is 76.5 Å². The van der Waals surface area contributed by atoms with Crippen LogP contribution in [0.3, 0.4) is 0 Å². The highest BCUT2D eigenvalue weighted by atomic mass is 35.5. The van der Waals surface area contributed by atoms with E-state index in [1.807, 2.05) is 4.90 Å². The Morgan fingerprint density at radius 3 is 2.62 bits per heavy atom. The third-order valence-corrected chi connectivity index (χ3v) is 4.40. The van der Waals surface area contributed by atoms with Gasteiger partial charge in [-0.1, -0.05) is 11.6 Å². The average molecular weight is 377 g/mol. The summed E-state index contributed by atoms with van der Waals surface area (Å²) in [6.07, 6.45) is 2.09. The minimum Gasteiger partial charge on any atom is -0.378 e. The van der Waals surface area contributed by atoms with E-state index in [0.717, 1.165) is 25.9 Å². The van der Waals surface area contributed by atoms with Crippen LogP contribution < -0.4 is 15.8 Å². The molecule has 138 valence electrons. The van der Waals surface area contributed by atoms with Crippen molar-refractivity contribution in [3.8, 4) is 0 Å². The molecule has 0 unspecified atom stereocenters. The monoisotopic (exact) mass is 376 g/mol. The van der Waals surface area contributed by atoms with Gasteiger partial charge in [0.25, 0.3) is 5.56 Å². The first kappa shape index (κ1) is 18.4. The fourth-order valence-electron chi connectivity index (χ4n) is 2.95. The highest BCUT2D eigenvalue weighted by molar-refractivity contribution is 6.30. The second-order valence-corrected chi connectivity index (χ2v) is 6.59. The molecule has 0 radical (unpaired) electrons. The third kappa shape index (κ3) is 4.42. The van der Waals surface area contributed by atoms with E-state index >= 15 is 0 Å². The minimum absolute atomic E-state index is 0.104. The Balaban J connectivity index is 1.84. The maximum absolute atomic E-state index is 12.6. The number of nitrogens with zero attached hydrogens (tertiary/aromatic N) is 3. The molecule has 7 nitrogen and oxygen atoms in total. The first-order chi connectivity index (χ1) is 12.6. The molecule has 1 aromatic heterocycles. The van der Waals surface area contributed by atoms with Gasteiger partial charge in [-0.15, -0.1) is 0 Å². The molecule has 1 saturated heterocycles. The van der Waals surface area contributed by atoms with Crippen LogP contribution >= 0.6 is 11.6 Å². The first-order valence-electron chi connectivity index (χ1n) is 8.47. The van der Waals surface area contributed by atoms with Crippen molar-refractivity contribution in [1.29, 1.82) is 0 Å². The van der Waals surface area contributed by atoms with Gasteiger partial charge in [-0.05, 0) is 37.1 Å². The van der Waals surface area contributed by atoms with Gasteiger partial charge in [-0.2, -0.15) is 0 Å². The fourth-order valence-corrected chi connectivity index (χ4v) is 3.07. The Morgan fingerprint density at radius 2 is 1.96 bits per heavy atom. The number of nitrogens with one attached hydrogen (secondary N) is 1. The van der Waals surface area contributed by atoms with E-state index in [1.54, 1.807) is 31.4 Å². The van der Waals surface area contributed by atoms with Gasteiger partial charge < -0.3 is 15.0 Å². The molecule has 1 fully saturated rings. The lowest BCUT2D eigenvalue weighted by Crippen LogP contribution is -2.34. The summed E-state index contributed by atoms with van der Waals surface area (Å²) in [4.78, 5) is 31.6. The number of amides is 1. The molecule has 2 heterocycles. The largest absolute Gasteiger partial charge is 0.378 e. The molecular formula is C18H21ClN4O3. The van der Waals surface area contributed by atoms with Gasteiger partial charge in [0.05, 0.1) is 12.3 Å². The molecule has 0 saturated carbocycles. The van der Waals surface area contributed by atoms with Crippen LogP contribution in [0.1, 0.15) is 18.5 Å². The number of hydrogen-bond donors (Lipinski definition) is 1. The molecule has 0 bridgehead atoms. The Hall–Kier alpha value is -2.38. The number of rotatable bonds is 6. The molecule has 1 aliphatic rings. The van der Waals surface area contributed by atoms with Gasteiger partial charge in [0.2, 0.25) is 11.9 Å². The molecule has 8 heteroatoms. The summed E-state index contributed by atoms with van der Waals surface area (Å²) in [6.45, 7) is 1.80. The van der Waals surface area contributed by atoms with Crippen LogP contribution in [0, 0.1) is 0 Å². The van der Waals surface area contributed by atoms with E-state index < -0.39 is 0 Å². The molecule has 1 aromatic carbocycles. The minimum atomic E-state index is -0.295. The van der Waals surface area contributed by atoms with E-state index in [0.29, 0.717) is 22.4 Å². The van der Waals surface area contributed by atoms with Crippen molar-refractivity contribution < 1.29 is 9.53 Å². The van der Waals surface area contributed by atoms with Gasteiger partial charge >= 0.3 is 0 Å². The molecular weight excluding hydrogens is 356 g/mol. The summed E-state index contributed by atoms with van der Waals surface area (Å²) >= 11 is 5.85. The van der Waals surface area contributed by atoms with Crippen molar-refractivity contribution in [2.45, 2.75) is 26.0 Å². The highest BCUT2D eigenvalue weighted by Crippen LogP contribution is 2.18. The Morgan fingerprint density at radius 1 is 1.27 bits per heavy atom. The SMILES string of the molecule is COCc1cc(=O)n(CC(=O)Nc2ccc(Cl)cc2)c(N2CCCC2)n1. The van der Waals surface area contributed by atoms with E-state index in [1.165, 1.54) is 10.6 Å². The van der Waals surface area contributed by atoms with Gasteiger partial charge in [0, 0.05) is 37.0 Å². The standard InChI is InChI=1S/C18H21ClN4O3/c1-26-12-15-10-17(25)23(18(21-15)22-8-2-3-9-22)11-16(24)20-14-6-4-13(19)5-7-14/h4-7,10H,2-3,8-9,11-12H2,1H3,(H,20,24). The van der Waals surface area contributed by atoms with E-state index in [4.69, 9.17) is 16.3 Å². The molecule has 0 spiro atoms. The second kappa shape index (κ2) is 8.33. The Labute approximate surface area is 156 Å². The number of methoxy groups -OCH3 is 1. The zero-order chi connectivity index (χ0) is 18.5. The summed E-state index contributed by atoms with van der Waals surface area (Å²) < 4.78 is 6.50. The lowest BCUT2D eigenvalue weighted by molar-refractivity contribution is -0.116. The molecule has 1 amide bonds. The van der Waals surface area contributed by atoms with Crippen LogP contribution in [-0.2, 0) is 22.7 Å². The second-order valence-electron chi connectivity index (χ2n) is 6.15. The molecule has 1 aliphatic heterocycles. The summed E-state index contributed by atoms with van der Waals surface area (Å²) in [5, 5.41) is 3.37. The number of ether oxygens (including phenoxy) is 1. The quantitative estimate of drug-likeness (QED) is 0.837. The molecule has 0 aliphatic carbocycles. The van der Waals surface area contributed by atoms with Crippen LogP contribution in [0.25, 0.3) is 0 Å². The van der Waals surface area contributed by atoms with Crippen molar-refractivity contribution >= 4 is 29.1 Å². The van der Waals surface area contributed by atoms with Crippen molar-refractivity contribution in [2.24, 2.45) is 0 Å². The summed E-state index contributed by atoms with van der Waals surface area (Å²) in [5.41, 5.74) is 0.924. The molecule has 0 atom stereocenters. The highest BCUT2D eigenvalue weighted by Gasteiger charge is 2.20. The summed E-state index contributed by atoms with van der Waals surface area (Å²) in [5.74, 6) is 0.226. The van der Waals surface area contributed by atoms with E-state index in [2.05, 4.69) is 10.3 Å². The normalized spacial score (nSPS) is 13.8. The Kier molecular flexibility index (Phi) is 5.90. The smallest absolute Gasteiger partial charge is 0.255 e. The maximum Gasteiger partial charge on any atom is 0.255 e. The van der Waals surface area contributed by atoms with Crippen LogP contribution in [0.15, 0.2) is 35.1 Å². The van der Waals surface area contributed by atoms with Crippen LogP contribution in [0.2, 0.25) is 5.02 Å².